The van der Waals surface area contributed by atoms with E-state index >= 15 is 0 Å². The van der Waals surface area contributed by atoms with Crippen LogP contribution in [0.5, 0.6) is 0 Å². The third kappa shape index (κ3) is 3.35. The van der Waals surface area contributed by atoms with Crippen LogP contribution in [0.4, 0.5) is 5.82 Å². The van der Waals surface area contributed by atoms with E-state index in [0.29, 0.717) is 5.82 Å². The fraction of sp³-hybridized carbons (Fsp3) is 0.714. The van der Waals surface area contributed by atoms with Crippen LogP contribution in [0.1, 0.15) is 46.5 Å². The number of hydrogen-bond acceptors (Lipinski definition) is 4. The van der Waals surface area contributed by atoms with E-state index < -0.39 is 0 Å². The zero-order valence-electron chi connectivity index (χ0n) is 11.9. The van der Waals surface area contributed by atoms with Gasteiger partial charge in [0.25, 0.3) is 5.56 Å². The van der Waals surface area contributed by atoms with E-state index in [4.69, 9.17) is 0 Å². The molecule has 0 amide bonds. The summed E-state index contributed by atoms with van der Waals surface area (Å²) in [5, 5.41) is 12.7. The SMILES string of the molecule is CC(C)(C)n1ccnc(NC2CCC(O)CC2)c1=O. The fourth-order valence-corrected chi connectivity index (χ4v) is 2.45. The van der Waals surface area contributed by atoms with Crippen LogP contribution in [0.15, 0.2) is 17.2 Å². The van der Waals surface area contributed by atoms with E-state index in [0.717, 1.165) is 25.7 Å². The maximum absolute atomic E-state index is 12.3. The summed E-state index contributed by atoms with van der Waals surface area (Å²) in [6.07, 6.45) is 6.54. The van der Waals surface area contributed by atoms with Crippen molar-refractivity contribution in [2.24, 2.45) is 0 Å². The summed E-state index contributed by atoms with van der Waals surface area (Å²) in [6, 6.07) is 0.236. The molecule has 0 aliphatic heterocycles. The van der Waals surface area contributed by atoms with Gasteiger partial charge in [-0.1, -0.05) is 0 Å². The topological polar surface area (TPSA) is 67.2 Å². The highest BCUT2D eigenvalue weighted by Gasteiger charge is 2.22. The molecule has 2 N–H and O–H groups in total. The summed E-state index contributed by atoms with van der Waals surface area (Å²) >= 11 is 0. The van der Waals surface area contributed by atoms with E-state index in [9.17, 15) is 9.90 Å². The normalized spacial score (nSPS) is 24.2. The highest BCUT2D eigenvalue weighted by atomic mass is 16.3. The number of nitrogens with one attached hydrogen (secondary N) is 1. The molecular formula is C14H23N3O2. The van der Waals surface area contributed by atoms with Gasteiger partial charge < -0.3 is 15.0 Å². The lowest BCUT2D eigenvalue weighted by Gasteiger charge is -2.27. The Morgan fingerprint density at radius 2 is 1.95 bits per heavy atom. The van der Waals surface area contributed by atoms with Gasteiger partial charge in [-0.3, -0.25) is 4.79 Å². The molecular weight excluding hydrogens is 242 g/mol. The Kier molecular flexibility index (Phi) is 3.94. The monoisotopic (exact) mass is 265 g/mol. The average Bonchev–Trinajstić information content (AvgIpc) is 2.33. The van der Waals surface area contributed by atoms with Crippen molar-refractivity contribution in [3.8, 4) is 0 Å². The van der Waals surface area contributed by atoms with Crippen molar-refractivity contribution >= 4 is 5.82 Å². The summed E-state index contributed by atoms with van der Waals surface area (Å²) in [4.78, 5) is 16.5. The van der Waals surface area contributed by atoms with E-state index in [2.05, 4.69) is 10.3 Å². The van der Waals surface area contributed by atoms with Crippen molar-refractivity contribution in [3.63, 3.8) is 0 Å². The molecule has 1 heterocycles. The van der Waals surface area contributed by atoms with Gasteiger partial charge in [0.05, 0.1) is 6.10 Å². The molecule has 1 saturated carbocycles. The first-order chi connectivity index (χ1) is 8.88. The highest BCUT2D eigenvalue weighted by molar-refractivity contribution is 5.32. The van der Waals surface area contributed by atoms with Gasteiger partial charge in [0.2, 0.25) is 0 Å². The molecule has 1 aliphatic carbocycles. The summed E-state index contributed by atoms with van der Waals surface area (Å²) < 4.78 is 1.69. The lowest BCUT2D eigenvalue weighted by atomic mass is 9.93. The van der Waals surface area contributed by atoms with Gasteiger partial charge in [0.1, 0.15) is 0 Å². The molecule has 1 aromatic heterocycles. The van der Waals surface area contributed by atoms with Crippen LogP contribution in [0.3, 0.4) is 0 Å². The molecule has 0 atom stereocenters. The van der Waals surface area contributed by atoms with Gasteiger partial charge in [-0.25, -0.2) is 4.98 Å². The summed E-state index contributed by atoms with van der Waals surface area (Å²) in [7, 11) is 0. The molecule has 1 fully saturated rings. The quantitative estimate of drug-likeness (QED) is 0.854. The van der Waals surface area contributed by atoms with Gasteiger partial charge in [-0.05, 0) is 46.5 Å². The minimum absolute atomic E-state index is 0.0823. The zero-order chi connectivity index (χ0) is 14.0. The molecule has 0 unspecified atom stereocenters. The van der Waals surface area contributed by atoms with Gasteiger partial charge in [0.15, 0.2) is 5.82 Å². The van der Waals surface area contributed by atoms with Crippen LogP contribution < -0.4 is 10.9 Å². The van der Waals surface area contributed by atoms with Gasteiger partial charge >= 0.3 is 0 Å². The first-order valence-electron chi connectivity index (χ1n) is 6.90. The molecule has 19 heavy (non-hydrogen) atoms. The van der Waals surface area contributed by atoms with Crippen molar-refractivity contribution in [3.05, 3.63) is 22.7 Å². The number of aliphatic hydroxyl groups is 1. The van der Waals surface area contributed by atoms with Crippen molar-refractivity contribution in [1.82, 2.24) is 9.55 Å². The molecule has 0 radical (unpaired) electrons. The Labute approximate surface area is 113 Å². The smallest absolute Gasteiger partial charge is 0.293 e. The lowest BCUT2D eigenvalue weighted by Crippen LogP contribution is -2.37. The molecule has 1 aliphatic rings. The first kappa shape index (κ1) is 14.1. The maximum atomic E-state index is 12.3. The Hall–Kier alpha value is -1.36. The first-order valence-corrected chi connectivity index (χ1v) is 6.90. The molecule has 106 valence electrons. The van der Waals surface area contributed by atoms with Crippen molar-refractivity contribution in [2.45, 2.75) is 64.1 Å². The number of nitrogens with zero attached hydrogens (tertiary/aromatic N) is 2. The molecule has 2 rings (SSSR count). The van der Waals surface area contributed by atoms with Gasteiger partial charge in [-0.15, -0.1) is 0 Å². The number of anilines is 1. The van der Waals surface area contributed by atoms with E-state index in [1.807, 2.05) is 20.8 Å². The average molecular weight is 265 g/mol. The Morgan fingerprint density at radius 1 is 1.32 bits per heavy atom. The molecule has 0 saturated heterocycles. The van der Waals surface area contributed by atoms with Gasteiger partial charge in [-0.2, -0.15) is 0 Å². The second kappa shape index (κ2) is 5.33. The van der Waals surface area contributed by atoms with Crippen LogP contribution in [0.25, 0.3) is 0 Å². The van der Waals surface area contributed by atoms with Crippen molar-refractivity contribution in [1.29, 1.82) is 0 Å². The van der Waals surface area contributed by atoms with Crippen LogP contribution in [0.2, 0.25) is 0 Å². The Balaban J connectivity index is 2.15. The standard InChI is InChI=1S/C14H23N3O2/c1-14(2,3)17-9-8-15-12(13(17)19)16-10-4-6-11(18)7-5-10/h8-11,18H,4-7H2,1-3H3,(H,15,16). The van der Waals surface area contributed by atoms with E-state index in [1.54, 1.807) is 17.0 Å². The molecule has 0 bridgehead atoms. The van der Waals surface area contributed by atoms with Crippen LogP contribution in [-0.2, 0) is 5.54 Å². The summed E-state index contributed by atoms with van der Waals surface area (Å²) in [5.41, 5.74) is -0.333. The number of rotatable bonds is 2. The minimum Gasteiger partial charge on any atom is -0.393 e. The number of aromatic nitrogens is 2. The summed E-state index contributed by atoms with van der Waals surface area (Å²) in [5.74, 6) is 0.416. The maximum Gasteiger partial charge on any atom is 0.293 e. The third-order valence-electron chi connectivity index (χ3n) is 3.60. The van der Waals surface area contributed by atoms with Gasteiger partial charge in [0, 0.05) is 24.0 Å². The number of aliphatic hydroxyl groups excluding tert-OH is 1. The van der Waals surface area contributed by atoms with E-state index in [1.165, 1.54) is 0 Å². The molecule has 5 nitrogen and oxygen atoms in total. The third-order valence-corrected chi connectivity index (χ3v) is 3.60. The largest absolute Gasteiger partial charge is 0.393 e. The van der Waals surface area contributed by atoms with Crippen LogP contribution in [0, 0.1) is 0 Å². The zero-order valence-corrected chi connectivity index (χ0v) is 11.9. The second-order valence-corrected chi connectivity index (χ2v) is 6.27. The second-order valence-electron chi connectivity index (χ2n) is 6.27. The Morgan fingerprint density at radius 3 is 2.53 bits per heavy atom. The van der Waals surface area contributed by atoms with E-state index in [-0.39, 0.29) is 23.2 Å². The lowest BCUT2D eigenvalue weighted by molar-refractivity contribution is 0.126. The highest BCUT2D eigenvalue weighted by Crippen LogP contribution is 2.20. The molecule has 1 aromatic rings. The molecule has 0 aromatic carbocycles. The van der Waals surface area contributed by atoms with Crippen molar-refractivity contribution in [2.75, 3.05) is 5.32 Å². The molecule has 5 heteroatoms. The minimum atomic E-state index is -0.251. The Bertz CT molecular complexity index is 482. The fourth-order valence-electron chi connectivity index (χ4n) is 2.45. The molecule has 0 spiro atoms. The van der Waals surface area contributed by atoms with Crippen LogP contribution in [-0.4, -0.2) is 26.8 Å². The number of hydrogen-bond donors (Lipinski definition) is 2. The van der Waals surface area contributed by atoms with Crippen LogP contribution >= 0.6 is 0 Å². The predicted molar refractivity (Wildman–Crippen MR) is 75.4 cm³/mol. The van der Waals surface area contributed by atoms with Crippen molar-refractivity contribution < 1.29 is 5.11 Å². The predicted octanol–water partition coefficient (Wildman–Crippen LogP) is 1.71. The summed E-state index contributed by atoms with van der Waals surface area (Å²) in [6.45, 7) is 5.99.